The number of para-hydroxylation sites is 2. The number of rotatable bonds is 2. The third-order valence-corrected chi connectivity index (χ3v) is 4.52. The van der Waals surface area contributed by atoms with Gasteiger partial charge in [0, 0.05) is 36.8 Å². The van der Waals surface area contributed by atoms with E-state index in [1.807, 2.05) is 12.1 Å². The van der Waals surface area contributed by atoms with Crippen LogP contribution in [0.15, 0.2) is 46.9 Å². The van der Waals surface area contributed by atoms with Crippen LogP contribution in [0.3, 0.4) is 0 Å². The van der Waals surface area contributed by atoms with Crippen LogP contribution in [0.1, 0.15) is 5.56 Å². The molecule has 0 amide bonds. The van der Waals surface area contributed by atoms with Crippen molar-refractivity contribution in [3.63, 3.8) is 0 Å². The third-order valence-electron chi connectivity index (χ3n) is 3.78. The minimum Gasteiger partial charge on any atom is -0.399 e. The van der Waals surface area contributed by atoms with Gasteiger partial charge in [-0.05, 0) is 29.8 Å². The van der Waals surface area contributed by atoms with Crippen molar-refractivity contribution in [3.05, 3.63) is 52.5 Å². The summed E-state index contributed by atoms with van der Waals surface area (Å²) in [7, 11) is 2.15. The smallest absolute Gasteiger partial charge is 0.0607 e. The minimum atomic E-state index is 0.791. The number of anilines is 3. The van der Waals surface area contributed by atoms with E-state index in [1.165, 1.54) is 16.9 Å². The second-order valence-corrected chi connectivity index (χ2v) is 6.04. The Morgan fingerprint density at radius 1 is 1.10 bits per heavy atom. The molecule has 0 radical (unpaired) electrons. The van der Waals surface area contributed by atoms with E-state index in [-0.39, 0.29) is 0 Å². The van der Waals surface area contributed by atoms with Crippen LogP contribution in [0.2, 0.25) is 0 Å². The van der Waals surface area contributed by atoms with Gasteiger partial charge in [-0.25, -0.2) is 0 Å². The lowest BCUT2D eigenvalue weighted by atomic mass is 10.1. The normalized spacial score (nSPS) is 14.3. The molecule has 1 aliphatic rings. The Hall–Kier alpha value is -1.68. The molecule has 2 aromatic carbocycles. The predicted octanol–water partition coefficient (Wildman–Crippen LogP) is 3.49. The van der Waals surface area contributed by atoms with Gasteiger partial charge in [0.15, 0.2) is 0 Å². The standard InChI is InChI=1S/C16H18BrN3/c1-19-8-9-20(16-5-3-2-4-15(16)19)11-12-6-7-13(18)10-14(12)17/h2-7,10H,8-9,11,18H2,1H3. The zero-order chi connectivity index (χ0) is 14.1. The number of nitrogen functional groups attached to an aromatic ring is 1. The third kappa shape index (κ3) is 2.48. The molecule has 104 valence electrons. The zero-order valence-electron chi connectivity index (χ0n) is 11.5. The zero-order valence-corrected chi connectivity index (χ0v) is 13.1. The first-order valence-corrected chi connectivity index (χ1v) is 7.53. The van der Waals surface area contributed by atoms with Gasteiger partial charge in [0.05, 0.1) is 11.4 Å². The predicted molar refractivity (Wildman–Crippen MR) is 89.3 cm³/mol. The summed E-state index contributed by atoms with van der Waals surface area (Å²) >= 11 is 3.61. The lowest BCUT2D eigenvalue weighted by Gasteiger charge is -2.37. The molecule has 0 unspecified atom stereocenters. The quantitative estimate of drug-likeness (QED) is 0.855. The molecule has 0 saturated heterocycles. The highest BCUT2D eigenvalue weighted by Crippen LogP contribution is 2.33. The van der Waals surface area contributed by atoms with E-state index >= 15 is 0 Å². The number of benzene rings is 2. The molecule has 0 aliphatic carbocycles. The summed E-state index contributed by atoms with van der Waals surface area (Å²) in [6.45, 7) is 2.97. The van der Waals surface area contributed by atoms with E-state index in [2.05, 4.69) is 63.1 Å². The van der Waals surface area contributed by atoms with Crippen LogP contribution in [0.5, 0.6) is 0 Å². The largest absolute Gasteiger partial charge is 0.399 e. The van der Waals surface area contributed by atoms with E-state index in [0.717, 1.165) is 29.8 Å². The van der Waals surface area contributed by atoms with Crippen LogP contribution in [0.25, 0.3) is 0 Å². The van der Waals surface area contributed by atoms with Crippen molar-refractivity contribution >= 4 is 33.0 Å². The number of nitrogens with zero attached hydrogens (tertiary/aromatic N) is 2. The fourth-order valence-electron chi connectivity index (χ4n) is 2.63. The summed E-state index contributed by atoms with van der Waals surface area (Å²) in [6.07, 6.45) is 0. The average Bonchev–Trinajstić information content (AvgIpc) is 2.45. The number of halogens is 1. The fraction of sp³-hybridized carbons (Fsp3) is 0.250. The Labute approximate surface area is 128 Å². The van der Waals surface area contributed by atoms with Crippen LogP contribution in [0, 0.1) is 0 Å². The van der Waals surface area contributed by atoms with Crippen LogP contribution >= 0.6 is 15.9 Å². The fourth-order valence-corrected chi connectivity index (χ4v) is 3.15. The van der Waals surface area contributed by atoms with Crippen LogP contribution in [-0.4, -0.2) is 20.1 Å². The SMILES string of the molecule is CN1CCN(Cc2ccc(N)cc2Br)c2ccccc21. The van der Waals surface area contributed by atoms with Gasteiger partial charge in [0.2, 0.25) is 0 Å². The van der Waals surface area contributed by atoms with E-state index in [4.69, 9.17) is 5.73 Å². The second kappa shape index (κ2) is 5.37. The number of nitrogens with two attached hydrogens (primary N) is 1. The van der Waals surface area contributed by atoms with Crippen LogP contribution < -0.4 is 15.5 Å². The van der Waals surface area contributed by atoms with E-state index in [9.17, 15) is 0 Å². The minimum absolute atomic E-state index is 0.791. The Morgan fingerprint density at radius 3 is 2.60 bits per heavy atom. The van der Waals surface area contributed by atoms with Gasteiger partial charge in [-0.1, -0.05) is 34.1 Å². The van der Waals surface area contributed by atoms with E-state index in [0.29, 0.717) is 0 Å². The summed E-state index contributed by atoms with van der Waals surface area (Å²) < 4.78 is 1.08. The molecule has 0 bridgehead atoms. The molecule has 0 aromatic heterocycles. The molecular weight excluding hydrogens is 314 g/mol. The molecule has 3 rings (SSSR count). The molecule has 20 heavy (non-hydrogen) atoms. The molecule has 4 heteroatoms. The van der Waals surface area contributed by atoms with Crippen molar-refractivity contribution in [1.29, 1.82) is 0 Å². The number of fused-ring (bicyclic) bond motifs is 1. The highest BCUT2D eigenvalue weighted by Gasteiger charge is 2.20. The van der Waals surface area contributed by atoms with Gasteiger partial charge in [-0.15, -0.1) is 0 Å². The lowest BCUT2D eigenvalue weighted by molar-refractivity contribution is 0.733. The maximum atomic E-state index is 5.81. The molecule has 0 spiro atoms. The number of likely N-dealkylation sites (N-methyl/N-ethyl adjacent to an activating group) is 1. The van der Waals surface area contributed by atoms with Crippen molar-refractivity contribution in [2.75, 3.05) is 35.7 Å². The highest BCUT2D eigenvalue weighted by molar-refractivity contribution is 9.10. The van der Waals surface area contributed by atoms with Crippen molar-refractivity contribution in [1.82, 2.24) is 0 Å². The van der Waals surface area contributed by atoms with E-state index < -0.39 is 0 Å². The number of hydrogen-bond donors (Lipinski definition) is 1. The molecule has 0 atom stereocenters. The summed E-state index contributed by atoms with van der Waals surface area (Å²) in [5.41, 5.74) is 10.5. The second-order valence-electron chi connectivity index (χ2n) is 5.18. The average molecular weight is 332 g/mol. The van der Waals surface area contributed by atoms with Gasteiger partial charge in [-0.2, -0.15) is 0 Å². The Bertz CT molecular complexity index is 627. The Balaban J connectivity index is 1.90. The maximum absolute atomic E-state index is 5.81. The Morgan fingerprint density at radius 2 is 1.85 bits per heavy atom. The molecule has 0 saturated carbocycles. The van der Waals surface area contributed by atoms with E-state index in [1.54, 1.807) is 0 Å². The maximum Gasteiger partial charge on any atom is 0.0607 e. The monoisotopic (exact) mass is 331 g/mol. The van der Waals surface area contributed by atoms with Gasteiger partial charge in [0.1, 0.15) is 0 Å². The first kappa shape index (κ1) is 13.3. The highest BCUT2D eigenvalue weighted by atomic mass is 79.9. The van der Waals surface area contributed by atoms with Crippen LogP contribution in [0.4, 0.5) is 17.1 Å². The van der Waals surface area contributed by atoms with Gasteiger partial charge in [0.25, 0.3) is 0 Å². The molecule has 3 nitrogen and oxygen atoms in total. The molecule has 1 aliphatic heterocycles. The van der Waals surface area contributed by atoms with Gasteiger partial charge in [-0.3, -0.25) is 0 Å². The molecule has 2 aromatic rings. The first-order chi connectivity index (χ1) is 9.65. The molecule has 2 N–H and O–H groups in total. The van der Waals surface area contributed by atoms with Crippen molar-refractivity contribution < 1.29 is 0 Å². The first-order valence-electron chi connectivity index (χ1n) is 6.74. The molecular formula is C16H18BrN3. The Kier molecular flexibility index (Phi) is 3.57. The van der Waals surface area contributed by atoms with Crippen LogP contribution in [-0.2, 0) is 6.54 Å². The van der Waals surface area contributed by atoms with Crippen molar-refractivity contribution in [2.45, 2.75) is 6.54 Å². The summed E-state index contributed by atoms with van der Waals surface area (Å²) in [5, 5.41) is 0. The van der Waals surface area contributed by atoms with Crippen molar-refractivity contribution in [3.8, 4) is 0 Å². The molecule has 1 heterocycles. The topological polar surface area (TPSA) is 32.5 Å². The van der Waals surface area contributed by atoms with Gasteiger partial charge < -0.3 is 15.5 Å². The summed E-state index contributed by atoms with van der Waals surface area (Å²) in [6, 6.07) is 14.6. The van der Waals surface area contributed by atoms with Crippen molar-refractivity contribution in [2.24, 2.45) is 0 Å². The van der Waals surface area contributed by atoms with Gasteiger partial charge >= 0.3 is 0 Å². The molecule has 0 fully saturated rings. The number of hydrogen-bond acceptors (Lipinski definition) is 3. The summed E-state index contributed by atoms with van der Waals surface area (Å²) in [4.78, 5) is 4.73. The summed E-state index contributed by atoms with van der Waals surface area (Å²) in [5.74, 6) is 0. The lowest BCUT2D eigenvalue weighted by Crippen LogP contribution is -2.38.